The average molecular weight is 246 g/mol. The molecule has 0 amide bonds. The molecule has 2 N–H and O–H groups in total. The van der Waals surface area contributed by atoms with Crippen LogP contribution in [0, 0.1) is 6.92 Å². The monoisotopic (exact) mass is 245 g/mol. The van der Waals surface area contributed by atoms with Crippen LogP contribution in [0.5, 0.6) is 0 Å². The summed E-state index contributed by atoms with van der Waals surface area (Å²) in [5.74, 6) is 1.51. The maximum atomic E-state index is 8.58. The van der Waals surface area contributed by atoms with Gasteiger partial charge in [0.1, 0.15) is 11.6 Å². The van der Waals surface area contributed by atoms with E-state index >= 15 is 0 Å². The Balaban J connectivity index is 2.59. The molecule has 0 aromatic carbocycles. The Bertz CT molecular complexity index is 280. The van der Waals surface area contributed by atoms with Crippen LogP contribution in [0.25, 0.3) is 0 Å². The molecule has 0 unspecified atom stereocenters. The van der Waals surface area contributed by atoms with Crippen molar-refractivity contribution in [1.82, 2.24) is 9.97 Å². The molecular formula is C8H12BrN3O. The minimum absolute atomic E-state index is 0.189. The van der Waals surface area contributed by atoms with E-state index in [0.717, 1.165) is 22.5 Å². The zero-order valence-electron chi connectivity index (χ0n) is 7.42. The minimum Gasteiger partial charge on any atom is -0.396 e. The van der Waals surface area contributed by atoms with E-state index in [1.165, 1.54) is 0 Å². The van der Waals surface area contributed by atoms with Gasteiger partial charge in [-0.15, -0.1) is 0 Å². The molecule has 1 aromatic rings. The molecule has 1 aromatic heterocycles. The van der Waals surface area contributed by atoms with Crippen molar-refractivity contribution in [1.29, 1.82) is 0 Å². The number of aryl methyl sites for hydroxylation is 1. The Morgan fingerprint density at radius 3 is 3.08 bits per heavy atom. The fraction of sp³-hybridized carbons (Fsp3) is 0.500. The van der Waals surface area contributed by atoms with Crippen molar-refractivity contribution in [3.8, 4) is 0 Å². The molecule has 13 heavy (non-hydrogen) atoms. The standard InChI is InChI=1S/C8H12BrN3O/c1-6-11-5-7(9)8(12-6)10-3-2-4-13/h5,13H,2-4H2,1H3,(H,10,11,12). The predicted octanol–water partition coefficient (Wildman–Crippen LogP) is 1.34. The van der Waals surface area contributed by atoms with Crippen molar-refractivity contribution in [3.63, 3.8) is 0 Å². The molecule has 1 rings (SSSR count). The van der Waals surface area contributed by atoms with Gasteiger partial charge >= 0.3 is 0 Å². The van der Waals surface area contributed by atoms with Crippen molar-refractivity contribution in [3.05, 3.63) is 16.5 Å². The number of aliphatic hydroxyl groups excluding tert-OH is 1. The van der Waals surface area contributed by atoms with Crippen molar-refractivity contribution in [2.75, 3.05) is 18.5 Å². The lowest BCUT2D eigenvalue weighted by Gasteiger charge is -2.06. The van der Waals surface area contributed by atoms with Crippen molar-refractivity contribution in [2.45, 2.75) is 13.3 Å². The Hall–Kier alpha value is -0.680. The van der Waals surface area contributed by atoms with Gasteiger partial charge in [-0.3, -0.25) is 0 Å². The smallest absolute Gasteiger partial charge is 0.144 e. The van der Waals surface area contributed by atoms with Gasteiger partial charge in [0, 0.05) is 19.3 Å². The summed E-state index contributed by atoms with van der Waals surface area (Å²) in [6.45, 7) is 2.74. The van der Waals surface area contributed by atoms with Crippen molar-refractivity contribution < 1.29 is 5.11 Å². The Kier molecular flexibility index (Phi) is 4.11. The van der Waals surface area contributed by atoms with Gasteiger partial charge in [-0.05, 0) is 29.3 Å². The number of hydrogen-bond acceptors (Lipinski definition) is 4. The van der Waals surface area contributed by atoms with Crippen molar-refractivity contribution in [2.24, 2.45) is 0 Å². The van der Waals surface area contributed by atoms with Crippen LogP contribution in [0.15, 0.2) is 10.7 Å². The number of nitrogens with zero attached hydrogens (tertiary/aromatic N) is 2. The minimum atomic E-state index is 0.189. The third kappa shape index (κ3) is 3.28. The summed E-state index contributed by atoms with van der Waals surface area (Å²) < 4.78 is 0.844. The van der Waals surface area contributed by atoms with Gasteiger partial charge < -0.3 is 10.4 Å². The number of hydrogen-bond donors (Lipinski definition) is 2. The molecule has 0 spiro atoms. The number of aromatic nitrogens is 2. The largest absolute Gasteiger partial charge is 0.396 e. The van der Waals surface area contributed by atoms with Gasteiger partial charge in [0.25, 0.3) is 0 Å². The molecule has 72 valence electrons. The second-order valence-electron chi connectivity index (χ2n) is 2.62. The second-order valence-corrected chi connectivity index (χ2v) is 3.47. The fourth-order valence-electron chi connectivity index (χ4n) is 0.865. The van der Waals surface area contributed by atoms with Gasteiger partial charge in [0.2, 0.25) is 0 Å². The molecule has 0 saturated heterocycles. The van der Waals surface area contributed by atoms with Gasteiger partial charge in [-0.1, -0.05) is 0 Å². The lowest BCUT2D eigenvalue weighted by Crippen LogP contribution is -2.06. The summed E-state index contributed by atoms with van der Waals surface area (Å²) in [5, 5.41) is 11.7. The van der Waals surface area contributed by atoms with E-state index in [0.29, 0.717) is 6.54 Å². The molecule has 0 radical (unpaired) electrons. The highest BCUT2D eigenvalue weighted by atomic mass is 79.9. The molecular weight excluding hydrogens is 234 g/mol. The first-order valence-corrected chi connectivity index (χ1v) is 4.87. The molecule has 0 aliphatic carbocycles. The maximum absolute atomic E-state index is 8.58. The Morgan fingerprint density at radius 1 is 1.62 bits per heavy atom. The molecule has 0 fully saturated rings. The Morgan fingerprint density at radius 2 is 2.38 bits per heavy atom. The quantitative estimate of drug-likeness (QED) is 0.787. The van der Waals surface area contributed by atoms with Crippen LogP contribution in [0.3, 0.4) is 0 Å². The van der Waals surface area contributed by atoms with E-state index in [2.05, 4.69) is 31.2 Å². The number of rotatable bonds is 4. The summed E-state index contributed by atoms with van der Waals surface area (Å²) in [4.78, 5) is 8.21. The summed E-state index contributed by atoms with van der Waals surface area (Å²) in [6.07, 6.45) is 2.43. The zero-order valence-corrected chi connectivity index (χ0v) is 9.00. The molecule has 5 heteroatoms. The highest BCUT2D eigenvalue weighted by molar-refractivity contribution is 9.10. The highest BCUT2D eigenvalue weighted by Crippen LogP contribution is 2.17. The number of halogens is 1. The van der Waals surface area contributed by atoms with E-state index in [1.54, 1.807) is 6.20 Å². The van der Waals surface area contributed by atoms with E-state index in [9.17, 15) is 0 Å². The van der Waals surface area contributed by atoms with Crippen LogP contribution >= 0.6 is 15.9 Å². The van der Waals surface area contributed by atoms with E-state index in [-0.39, 0.29) is 6.61 Å². The normalized spacial score (nSPS) is 10.1. The highest BCUT2D eigenvalue weighted by Gasteiger charge is 2.00. The number of anilines is 1. The molecule has 0 bridgehead atoms. The maximum Gasteiger partial charge on any atom is 0.144 e. The zero-order chi connectivity index (χ0) is 9.68. The van der Waals surface area contributed by atoms with Crippen molar-refractivity contribution >= 4 is 21.7 Å². The molecule has 0 saturated carbocycles. The van der Waals surface area contributed by atoms with E-state index in [1.807, 2.05) is 6.92 Å². The van der Waals surface area contributed by atoms with Gasteiger partial charge in [-0.2, -0.15) is 0 Å². The Labute approximate surface area is 85.5 Å². The van der Waals surface area contributed by atoms with Crippen LogP contribution < -0.4 is 5.32 Å². The van der Waals surface area contributed by atoms with Crippen LogP contribution in [-0.2, 0) is 0 Å². The first-order chi connectivity index (χ1) is 6.24. The average Bonchev–Trinajstić information content (AvgIpc) is 2.11. The lowest BCUT2D eigenvalue weighted by atomic mass is 10.4. The van der Waals surface area contributed by atoms with E-state index < -0.39 is 0 Å². The lowest BCUT2D eigenvalue weighted by molar-refractivity contribution is 0.292. The van der Waals surface area contributed by atoms with Crippen LogP contribution in [0.2, 0.25) is 0 Å². The third-order valence-corrected chi connectivity index (χ3v) is 2.07. The summed E-state index contributed by atoms with van der Waals surface area (Å²) in [6, 6.07) is 0. The SMILES string of the molecule is Cc1ncc(Br)c(NCCCO)n1. The second kappa shape index (κ2) is 5.14. The van der Waals surface area contributed by atoms with Gasteiger partial charge in [-0.25, -0.2) is 9.97 Å². The molecule has 1 heterocycles. The molecule has 4 nitrogen and oxygen atoms in total. The van der Waals surface area contributed by atoms with Gasteiger partial charge in [0.15, 0.2) is 0 Å². The molecule has 0 atom stereocenters. The number of aliphatic hydroxyl groups is 1. The summed E-state index contributed by atoms with van der Waals surface area (Å²) in [5.41, 5.74) is 0. The van der Waals surface area contributed by atoms with Crippen LogP contribution in [0.1, 0.15) is 12.2 Å². The number of nitrogens with one attached hydrogen (secondary N) is 1. The summed E-state index contributed by atoms with van der Waals surface area (Å²) in [7, 11) is 0. The van der Waals surface area contributed by atoms with E-state index in [4.69, 9.17) is 5.11 Å². The summed E-state index contributed by atoms with van der Waals surface area (Å²) >= 11 is 3.33. The van der Waals surface area contributed by atoms with Crippen LogP contribution in [0.4, 0.5) is 5.82 Å². The first-order valence-electron chi connectivity index (χ1n) is 4.08. The molecule has 0 aliphatic heterocycles. The van der Waals surface area contributed by atoms with Crippen LogP contribution in [-0.4, -0.2) is 28.2 Å². The molecule has 0 aliphatic rings. The predicted molar refractivity (Wildman–Crippen MR) is 54.7 cm³/mol. The van der Waals surface area contributed by atoms with Gasteiger partial charge in [0.05, 0.1) is 4.47 Å². The third-order valence-electron chi connectivity index (χ3n) is 1.49. The topological polar surface area (TPSA) is 58.0 Å². The first kappa shape index (κ1) is 10.4. The fourth-order valence-corrected chi connectivity index (χ4v) is 1.20.